The van der Waals surface area contributed by atoms with Gasteiger partial charge in [-0.3, -0.25) is 9.36 Å². The third kappa shape index (κ3) is 1.95. The lowest BCUT2D eigenvalue weighted by atomic mass is 10.1. The normalized spacial score (nSPS) is 13.8. The average molecular weight is 226 g/mol. The van der Waals surface area contributed by atoms with Crippen molar-refractivity contribution in [2.75, 3.05) is 6.61 Å². The third-order valence-corrected chi connectivity index (χ3v) is 2.62. The van der Waals surface area contributed by atoms with Crippen molar-refractivity contribution in [3.63, 3.8) is 0 Å². The summed E-state index contributed by atoms with van der Waals surface area (Å²) < 4.78 is 7.84. The molecule has 5 nitrogen and oxygen atoms in total. The minimum absolute atomic E-state index is 0.234. The van der Waals surface area contributed by atoms with Gasteiger partial charge in [0.05, 0.1) is 18.8 Å². The second kappa shape index (κ2) is 5.12. The smallest absolute Gasteiger partial charge is 0.330 e. The van der Waals surface area contributed by atoms with Gasteiger partial charge in [-0.25, -0.2) is 4.79 Å². The second-order valence-electron chi connectivity index (χ2n) is 3.43. The number of fused-ring (bicyclic) bond motifs is 1. The zero-order chi connectivity index (χ0) is 12.3. The zero-order valence-corrected chi connectivity index (χ0v) is 10.2. The Balaban J connectivity index is 0.000000606. The van der Waals surface area contributed by atoms with E-state index in [4.69, 9.17) is 4.74 Å². The fourth-order valence-corrected chi connectivity index (χ4v) is 1.76. The maximum atomic E-state index is 11.7. The number of hydrogen-bond donors (Lipinski definition) is 0. The highest BCUT2D eigenvalue weighted by Crippen LogP contribution is 2.09. The summed E-state index contributed by atoms with van der Waals surface area (Å²) in [5.41, 5.74) is 0.920. The van der Waals surface area contributed by atoms with Crippen LogP contribution in [0.3, 0.4) is 0 Å². The van der Waals surface area contributed by atoms with E-state index < -0.39 is 0 Å². The Kier molecular flexibility index (Phi) is 4.06. The Labute approximate surface area is 94.3 Å². The Hall–Kier alpha value is -1.36. The van der Waals surface area contributed by atoms with Gasteiger partial charge in [0.2, 0.25) is 0 Å². The van der Waals surface area contributed by atoms with E-state index in [2.05, 4.69) is 0 Å². The van der Waals surface area contributed by atoms with Crippen molar-refractivity contribution < 1.29 is 4.74 Å². The summed E-state index contributed by atoms with van der Waals surface area (Å²) >= 11 is 0. The van der Waals surface area contributed by atoms with Gasteiger partial charge in [-0.15, -0.1) is 0 Å². The first-order chi connectivity index (χ1) is 7.63. The summed E-state index contributed by atoms with van der Waals surface area (Å²) in [6, 6.07) is 0. The van der Waals surface area contributed by atoms with Crippen LogP contribution < -0.4 is 11.2 Å². The van der Waals surface area contributed by atoms with Gasteiger partial charge >= 0.3 is 5.69 Å². The molecule has 0 aromatic carbocycles. The second-order valence-corrected chi connectivity index (χ2v) is 3.43. The summed E-state index contributed by atoms with van der Waals surface area (Å²) in [6.45, 7) is 4.89. The Bertz CT molecular complexity index is 485. The molecule has 0 saturated carbocycles. The number of nitrogens with zero attached hydrogens (tertiary/aromatic N) is 2. The highest BCUT2D eigenvalue weighted by Gasteiger charge is 2.18. The zero-order valence-electron chi connectivity index (χ0n) is 10.2. The molecule has 1 aromatic heterocycles. The summed E-state index contributed by atoms with van der Waals surface area (Å²) in [5, 5.41) is 0. The van der Waals surface area contributed by atoms with E-state index >= 15 is 0 Å². The van der Waals surface area contributed by atoms with E-state index in [0.717, 1.165) is 10.3 Å². The Morgan fingerprint density at radius 3 is 2.38 bits per heavy atom. The number of hydrogen-bond acceptors (Lipinski definition) is 3. The highest BCUT2D eigenvalue weighted by atomic mass is 16.5. The lowest BCUT2D eigenvalue weighted by Crippen LogP contribution is -2.42. The van der Waals surface area contributed by atoms with Gasteiger partial charge in [0.25, 0.3) is 5.56 Å². The minimum Gasteiger partial charge on any atom is -0.376 e. The summed E-state index contributed by atoms with van der Waals surface area (Å²) in [7, 11) is 3.17. The van der Waals surface area contributed by atoms with Crippen LogP contribution in [-0.2, 0) is 31.9 Å². The molecule has 0 N–H and O–H groups in total. The van der Waals surface area contributed by atoms with Gasteiger partial charge in [-0.2, -0.15) is 0 Å². The summed E-state index contributed by atoms with van der Waals surface area (Å²) in [5.74, 6) is 0. The molecule has 90 valence electrons. The largest absolute Gasteiger partial charge is 0.376 e. The van der Waals surface area contributed by atoms with Crippen LogP contribution in [0.5, 0.6) is 0 Å². The monoisotopic (exact) mass is 226 g/mol. The van der Waals surface area contributed by atoms with E-state index in [9.17, 15) is 9.59 Å². The molecule has 1 aliphatic heterocycles. The van der Waals surface area contributed by atoms with Gasteiger partial charge in [0.15, 0.2) is 0 Å². The van der Waals surface area contributed by atoms with E-state index in [0.29, 0.717) is 25.2 Å². The van der Waals surface area contributed by atoms with Crippen LogP contribution in [-0.4, -0.2) is 15.7 Å². The molecule has 1 aliphatic rings. The van der Waals surface area contributed by atoms with Crippen molar-refractivity contribution in [2.45, 2.75) is 26.9 Å². The Morgan fingerprint density at radius 1 is 1.12 bits per heavy atom. The van der Waals surface area contributed by atoms with Crippen LogP contribution in [0.4, 0.5) is 0 Å². The van der Waals surface area contributed by atoms with E-state index in [1.807, 2.05) is 13.8 Å². The molecule has 5 heteroatoms. The van der Waals surface area contributed by atoms with Crippen molar-refractivity contribution in [3.05, 3.63) is 32.1 Å². The lowest BCUT2D eigenvalue weighted by Gasteiger charge is -2.19. The lowest BCUT2D eigenvalue weighted by molar-refractivity contribution is 0.105. The molecular weight excluding hydrogens is 208 g/mol. The molecule has 0 bridgehead atoms. The van der Waals surface area contributed by atoms with Crippen molar-refractivity contribution >= 4 is 0 Å². The molecule has 2 rings (SSSR count). The van der Waals surface area contributed by atoms with Crippen LogP contribution in [0, 0.1) is 0 Å². The van der Waals surface area contributed by atoms with Crippen molar-refractivity contribution in [2.24, 2.45) is 14.1 Å². The molecule has 0 amide bonds. The first-order valence-electron chi connectivity index (χ1n) is 5.48. The first kappa shape index (κ1) is 12.7. The topological polar surface area (TPSA) is 53.2 Å². The minimum atomic E-state index is -0.268. The fraction of sp³-hybridized carbons (Fsp3) is 0.636. The third-order valence-electron chi connectivity index (χ3n) is 2.62. The number of rotatable bonds is 0. The fourth-order valence-electron chi connectivity index (χ4n) is 1.76. The maximum absolute atomic E-state index is 11.7. The van der Waals surface area contributed by atoms with Gasteiger partial charge < -0.3 is 9.30 Å². The SMILES string of the molecule is CC.Cn1c2c(c(=O)n(C)c1=O)COCC2. The van der Waals surface area contributed by atoms with Gasteiger partial charge in [0.1, 0.15) is 0 Å². The summed E-state index contributed by atoms with van der Waals surface area (Å²) in [6.07, 6.45) is 0.636. The van der Waals surface area contributed by atoms with Gasteiger partial charge in [-0.05, 0) is 0 Å². The van der Waals surface area contributed by atoms with Crippen molar-refractivity contribution in [1.82, 2.24) is 9.13 Å². The molecular formula is C11H18N2O3. The van der Waals surface area contributed by atoms with Crippen LogP contribution in [0.2, 0.25) is 0 Å². The molecule has 0 spiro atoms. The average Bonchev–Trinajstić information content (AvgIpc) is 2.36. The molecule has 0 fully saturated rings. The predicted octanol–water partition coefficient (Wildman–Crippen LogP) is 0.183. The molecule has 0 saturated heterocycles. The van der Waals surface area contributed by atoms with E-state index in [1.54, 1.807) is 7.05 Å². The first-order valence-corrected chi connectivity index (χ1v) is 5.48. The van der Waals surface area contributed by atoms with Crippen LogP contribution >= 0.6 is 0 Å². The molecule has 1 aromatic rings. The Morgan fingerprint density at radius 2 is 1.75 bits per heavy atom. The van der Waals surface area contributed by atoms with Gasteiger partial charge in [-0.1, -0.05) is 13.8 Å². The quantitative estimate of drug-likeness (QED) is 0.634. The summed E-state index contributed by atoms with van der Waals surface area (Å²) in [4.78, 5) is 23.2. The highest BCUT2D eigenvalue weighted by molar-refractivity contribution is 5.19. The number of ether oxygens (including phenoxy) is 1. The van der Waals surface area contributed by atoms with Crippen molar-refractivity contribution in [1.29, 1.82) is 0 Å². The predicted molar refractivity (Wildman–Crippen MR) is 61.6 cm³/mol. The van der Waals surface area contributed by atoms with Crippen LogP contribution in [0.1, 0.15) is 25.1 Å². The molecule has 0 aliphatic carbocycles. The molecule has 16 heavy (non-hydrogen) atoms. The molecule has 0 unspecified atom stereocenters. The molecule has 0 radical (unpaired) electrons. The maximum Gasteiger partial charge on any atom is 0.330 e. The van der Waals surface area contributed by atoms with Crippen molar-refractivity contribution in [3.8, 4) is 0 Å². The van der Waals surface area contributed by atoms with Crippen LogP contribution in [0.25, 0.3) is 0 Å². The van der Waals surface area contributed by atoms with Crippen LogP contribution in [0.15, 0.2) is 9.59 Å². The number of aromatic nitrogens is 2. The van der Waals surface area contributed by atoms with E-state index in [1.165, 1.54) is 11.6 Å². The molecule has 0 atom stereocenters. The van der Waals surface area contributed by atoms with Gasteiger partial charge in [0, 0.05) is 26.2 Å². The molecule has 2 heterocycles. The van der Waals surface area contributed by atoms with E-state index in [-0.39, 0.29) is 11.2 Å². The standard InChI is InChI=1S/C9H12N2O3.C2H6/c1-10-7-3-4-14-5-6(7)8(12)11(2)9(10)13;1-2/h3-5H2,1-2H3;1-2H3.